The molecular formula is C14H17F3N2OS. The van der Waals surface area contributed by atoms with E-state index in [2.05, 4.69) is 10.6 Å². The van der Waals surface area contributed by atoms with E-state index in [9.17, 15) is 18.0 Å². The van der Waals surface area contributed by atoms with Gasteiger partial charge in [0.15, 0.2) is 0 Å². The van der Waals surface area contributed by atoms with E-state index in [0.29, 0.717) is 10.8 Å². The van der Waals surface area contributed by atoms with Crippen LogP contribution in [0.5, 0.6) is 0 Å². The average molecular weight is 318 g/mol. The van der Waals surface area contributed by atoms with Crippen molar-refractivity contribution < 1.29 is 18.0 Å². The van der Waals surface area contributed by atoms with E-state index < -0.39 is 18.0 Å². The van der Waals surface area contributed by atoms with Crippen LogP contribution in [0.1, 0.15) is 12.8 Å². The fourth-order valence-corrected chi connectivity index (χ4v) is 2.52. The molecule has 116 valence electrons. The van der Waals surface area contributed by atoms with Gasteiger partial charge in [-0.2, -0.15) is 0 Å². The molecule has 0 radical (unpaired) electrons. The zero-order valence-corrected chi connectivity index (χ0v) is 12.2. The van der Waals surface area contributed by atoms with Gasteiger partial charge >= 0.3 is 0 Å². The molecule has 1 aliphatic rings. The lowest BCUT2D eigenvalue weighted by Gasteiger charge is -2.11. The molecule has 7 heteroatoms. The molecule has 21 heavy (non-hydrogen) atoms. The summed E-state index contributed by atoms with van der Waals surface area (Å²) >= 11 is 0.893. The fraction of sp³-hybridized carbons (Fsp3) is 0.500. The van der Waals surface area contributed by atoms with E-state index in [4.69, 9.17) is 0 Å². The number of alkyl halides is 2. The predicted octanol–water partition coefficient (Wildman–Crippen LogP) is 3.12. The number of hydrogen-bond donors (Lipinski definition) is 2. The Hall–Kier alpha value is -1.21. The SMILES string of the molecule is O=C(CNCC1CC1)Nc1cc(F)ccc1SCC(F)F. The van der Waals surface area contributed by atoms with Gasteiger partial charge in [-0.3, -0.25) is 4.79 Å². The number of benzene rings is 1. The summed E-state index contributed by atoms with van der Waals surface area (Å²) < 4.78 is 37.7. The van der Waals surface area contributed by atoms with Crippen molar-refractivity contribution >= 4 is 23.4 Å². The summed E-state index contributed by atoms with van der Waals surface area (Å²) in [6.07, 6.45) is -0.0799. The topological polar surface area (TPSA) is 41.1 Å². The smallest absolute Gasteiger partial charge is 0.247 e. The Morgan fingerprint density at radius 2 is 2.14 bits per heavy atom. The van der Waals surface area contributed by atoms with Crippen molar-refractivity contribution in [3.63, 3.8) is 0 Å². The molecule has 1 aliphatic carbocycles. The van der Waals surface area contributed by atoms with Crippen molar-refractivity contribution in [2.45, 2.75) is 24.2 Å². The van der Waals surface area contributed by atoms with Gasteiger partial charge in [-0.1, -0.05) is 0 Å². The van der Waals surface area contributed by atoms with Crippen molar-refractivity contribution in [3.8, 4) is 0 Å². The summed E-state index contributed by atoms with van der Waals surface area (Å²) in [5, 5.41) is 5.58. The minimum absolute atomic E-state index is 0.131. The van der Waals surface area contributed by atoms with Crippen LogP contribution < -0.4 is 10.6 Å². The van der Waals surface area contributed by atoms with E-state index in [1.807, 2.05) is 0 Å². The summed E-state index contributed by atoms with van der Waals surface area (Å²) in [6, 6.07) is 3.73. The fourth-order valence-electron chi connectivity index (χ4n) is 1.78. The van der Waals surface area contributed by atoms with Gasteiger partial charge in [-0.05, 0) is 43.5 Å². The Bertz CT molecular complexity index is 495. The van der Waals surface area contributed by atoms with Crippen LogP contribution in [0, 0.1) is 11.7 Å². The molecule has 0 aliphatic heterocycles. The highest BCUT2D eigenvalue weighted by atomic mass is 32.2. The van der Waals surface area contributed by atoms with Gasteiger partial charge in [0.25, 0.3) is 0 Å². The number of anilines is 1. The number of hydrogen-bond acceptors (Lipinski definition) is 3. The van der Waals surface area contributed by atoms with Gasteiger partial charge in [0.1, 0.15) is 5.82 Å². The lowest BCUT2D eigenvalue weighted by molar-refractivity contribution is -0.115. The molecule has 2 rings (SSSR count). The minimum Gasteiger partial charge on any atom is -0.324 e. The highest BCUT2D eigenvalue weighted by molar-refractivity contribution is 7.99. The highest BCUT2D eigenvalue weighted by Gasteiger charge is 2.20. The van der Waals surface area contributed by atoms with E-state index in [1.54, 1.807) is 0 Å². The Kier molecular flexibility index (Phi) is 5.93. The van der Waals surface area contributed by atoms with Gasteiger partial charge in [-0.25, -0.2) is 13.2 Å². The number of halogens is 3. The maximum absolute atomic E-state index is 13.2. The van der Waals surface area contributed by atoms with Crippen molar-refractivity contribution in [3.05, 3.63) is 24.0 Å². The number of amides is 1. The van der Waals surface area contributed by atoms with Crippen LogP contribution in [0.25, 0.3) is 0 Å². The van der Waals surface area contributed by atoms with Crippen molar-refractivity contribution in [1.82, 2.24) is 5.32 Å². The summed E-state index contributed by atoms with van der Waals surface area (Å²) in [6.45, 7) is 0.926. The standard InChI is InChI=1S/C14H17F3N2OS/c15-10-3-4-12(21-8-13(16)17)11(5-10)19-14(20)7-18-6-9-1-2-9/h3-5,9,13,18H,1-2,6-8H2,(H,19,20). The van der Waals surface area contributed by atoms with Crippen LogP contribution in [0.4, 0.5) is 18.9 Å². The summed E-state index contributed by atoms with van der Waals surface area (Å²) in [5.74, 6) is -0.559. The van der Waals surface area contributed by atoms with Crippen LogP contribution >= 0.6 is 11.8 Å². The molecule has 2 N–H and O–H groups in total. The largest absolute Gasteiger partial charge is 0.324 e. The normalized spacial score (nSPS) is 14.5. The minimum atomic E-state index is -2.45. The van der Waals surface area contributed by atoms with Crippen LogP contribution in [-0.2, 0) is 4.79 Å². The lowest BCUT2D eigenvalue weighted by atomic mass is 10.3. The molecule has 0 saturated heterocycles. The van der Waals surface area contributed by atoms with E-state index in [0.717, 1.165) is 24.4 Å². The number of carbonyl (C=O) groups is 1. The highest BCUT2D eigenvalue weighted by Crippen LogP contribution is 2.29. The van der Waals surface area contributed by atoms with Crippen LogP contribution in [0.3, 0.4) is 0 Å². The summed E-state index contributed by atoms with van der Waals surface area (Å²) in [5.41, 5.74) is 0.235. The van der Waals surface area contributed by atoms with Crippen molar-refractivity contribution in [2.75, 3.05) is 24.2 Å². The molecule has 1 saturated carbocycles. The number of rotatable bonds is 8. The van der Waals surface area contributed by atoms with Gasteiger partial charge in [0.2, 0.25) is 12.3 Å². The first-order valence-corrected chi connectivity index (χ1v) is 7.74. The average Bonchev–Trinajstić information content (AvgIpc) is 3.21. The lowest BCUT2D eigenvalue weighted by Crippen LogP contribution is -2.29. The first-order valence-electron chi connectivity index (χ1n) is 6.75. The zero-order valence-electron chi connectivity index (χ0n) is 11.4. The third-order valence-electron chi connectivity index (χ3n) is 3.00. The van der Waals surface area contributed by atoms with E-state index >= 15 is 0 Å². The second kappa shape index (κ2) is 7.70. The van der Waals surface area contributed by atoms with Crippen LogP contribution in [-0.4, -0.2) is 31.2 Å². The predicted molar refractivity (Wildman–Crippen MR) is 77.4 cm³/mol. The second-order valence-corrected chi connectivity index (χ2v) is 6.03. The molecule has 0 atom stereocenters. The van der Waals surface area contributed by atoms with Gasteiger partial charge < -0.3 is 10.6 Å². The quantitative estimate of drug-likeness (QED) is 0.724. The van der Waals surface area contributed by atoms with Gasteiger partial charge in [0.05, 0.1) is 18.0 Å². The maximum Gasteiger partial charge on any atom is 0.247 e. The summed E-state index contributed by atoms with van der Waals surface area (Å²) in [7, 11) is 0. The molecule has 0 unspecified atom stereocenters. The molecule has 0 heterocycles. The second-order valence-electron chi connectivity index (χ2n) is 4.97. The van der Waals surface area contributed by atoms with Crippen LogP contribution in [0.15, 0.2) is 23.1 Å². The van der Waals surface area contributed by atoms with E-state index in [-0.39, 0.29) is 18.1 Å². The van der Waals surface area contributed by atoms with Gasteiger partial charge in [-0.15, -0.1) is 11.8 Å². The molecule has 1 fully saturated rings. The Balaban J connectivity index is 1.89. The number of carbonyl (C=O) groups excluding carboxylic acids is 1. The molecule has 1 aromatic rings. The zero-order chi connectivity index (χ0) is 15.2. The van der Waals surface area contributed by atoms with Crippen LogP contribution in [0.2, 0.25) is 0 Å². The maximum atomic E-state index is 13.2. The molecule has 1 aromatic carbocycles. The van der Waals surface area contributed by atoms with Gasteiger partial charge in [0, 0.05) is 4.90 Å². The molecule has 3 nitrogen and oxygen atoms in total. The first-order chi connectivity index (χ1) is 10.0. The van der Waals surface area contributed by atoms with E-state index in [1.165, 1.54) is 25.0 Å². The summed E-state index contributed by atoms with van der Waals surface area (Å²) in [4.78, 5) is 12.2. The third kappa shape index (κ3) is 5.97. The number of nitrogens with one attached hydrogen (secondary N) is 2. The molecule has 0 spiro atoms. The van der Waals surface area contributed by atoms with Crippen molar-refractivity contribution in [2.24, 2.45) is 5.92 Å². The van der Waals surface area contributed by atoms with Crippen molar-refractivity contribution in [1.29, 1.82) is 0 Å². The first kappa shape index (κ1) is 16.2. The number of thioether (sulfide) groups is 1. The molecule has 0 bridgehead atoms. The Morgan fingerprint density at radius 1 is 1.38 bits per heavy atom. The Labute approximate surface area is 125 Å². The molecular weight excluding hydrogens is 301 g/mol. The molecule has 1 amide bonds. The third-order valence-corrected chi connectivity index (χ3v) is 4.08. The monoisotopic (exact) mass is 318 g/mol. The molecule has 0 aromatic heterocycles. The Morgan fingerprint density at radius 3 is 2.81 bits per heavy atom.